The molecular formula is C14H16BrF2NO2. The number of rotatable bonds is 4. The number of benzene rings is 1. The molecule has 1 aromatic rings. The van der Waals surface area contributed by atoms with Crippen molar-refractivity contribution in [2.45, 2.75) is 19.3 Å². The van der Waals surface area contributed by atoms with E-state index in [0.29, 0.717) is 26.1 Å². The topological polar surface area (TPSA) is 52.3 Å². The van der Waals surface area contributed by atoms with Gasteiger partial charge in [0.25, 0.3) is 0 Å². The SMILES string of the molecule is NCC1(C(=O)Cc2c(F)ccc(Br)c2F)CCOCC1. The third-order valence-corrected chi connectivity index (χ3v) is 4.52. The third kappa shape index (κ3) is 2.92. The minimum Gasteiger partial charge on any atom is -0.381 e. The lowest BCUT2D eigenvalue weighted by Crippen LogP contribution is -2.44. The van der Waals surface area contributed by atoms with Crippen LogP contribution in [0.5, 0.6) is 0 Å². The lowest BCUT2D eigenvalue weighted by atomic mass is 9.74. The van der Waals surface area contributed by atoms with Gasteiger partial charge in [0.1, 0.15) is 17.4 Å². The molecule has 1 heterocycles. The van der Waals surface area contributed by atoms with Crippen molar-refractivity contribution in [1.29, 1.82) is 0 Å². The molecule has 3 nitrogen and oxygen atoms in total. The minimum atomic E-state index is -0.724. The molecule has 1 aliphatic heterocycles. The Balaban J connectivity index is 2.25. The van der Waals surface area contributed by atoms with Crippen molar-refractivity contribution in [2.24, 2.45) is 11.1 Å². The van der Waals surface area contributed by atoms with Gasteiger partial charge >= 0.3 is 0 Å². The highest BCUT2D eigenvalue weighted by molar-refractivity contribution is 9.10. The molecule has 1 aliphatic rings. The molecule has 0 unspecified atom stereocenters. The molecule has 0 aromatic heterocycles. The molecule has 1 aromatic carbocycles. The number of Topliss-reactive ketones (excluding diaryl/α,β-unsaturated/α-hetero) is 1. The number of hydrogen-bond acceptors (Lipinski definition) is 3. The Hall–Kier alpha value is -0.850. The summed E-state index contributed by atoms with van der Waals surface area (Å²) in [6, 6.07) is 2.43. The van der Waals surface area contributed by atoms with Gasteiger partial charge in [-0.3, -0.25) is 4.79 Å². The van der Waals surface area contributed by atoms with Gasteiger partial charge in [-0.2, -0.15) is 0 Å². The second-order valence-corrected chi connectivity index (χ2v) is 5.87. The van der Waals surface area contributed by atoms with Crippen LogP contribution in [0.1, 0.15) is 18.4 Å². The van der Waals surface area contributed by atoms with Crippen LogP contribution < -0.4 is 5.73 Å². The van der Waals surface area contributed by atoms with Crippen molar-refractivity contribution < 1.29 is 18.3 Å². The molecule has 6 heteroatoms. The first kappa shape index (κ1) is 15.5. The standard InChI is InChI=1S/C14H16BrF2NO2/c15-10-1-2-11(16)9(13(10)17)7-12(19)14(8-18)3-5-20-6-4-14/h1-2H,3-8,18H2. The number of ketones is 1. The molecule has 0 saturated carbocycles. The molecule has 0 radical (unpaired) electrons. The van der Waals surface area contributed by atoms with E-state index in [-0.39, 0.29) is 28.8 Å². The number of halogens is 3. The monoisotopic (exact) mass is 347 g/mol. The van der Waals surface area contributed by atoms with E-state index >= 15 is 0 Å². The van der Waals surface area contributed by atoms with Gasteiger partial charge < -0.3 is 10.5 Å². The summed E-state index contributed by atoms with van der Waals surface area (Å²) in [5, 5.41) is 0. The summed E-state index contributed by atoms with van der Waals surface area (Å²) in [5.74, 6) is -1.66. The first-order chi connectivity index (χ1) is 9.50. The minimum absolute atomic E-state index is 0.149. The average molecular weight is 348 g/mol. The van der Waals surface area contributed by atoms with Crippen molar-refractivity contribution in [2.75, 3.05) is 19.8 Å². The van der Waals surface area contributed by atoms with Crippen LogP contribution in [0, 0.1) is 17.0 Å². The van der Waals surface area contributed by atoms with Crippen LogP contribution in [0.25, 0.3) is 0 Å². The van der Waals surface area contributed by atoms with Crippen LogP contribution >= 0.6 is 15.9 Å². The molecule has 1 fully saturated rings. The number of carbonyl (C=O) groups is 1. The van der Waals surface area contributed by atoms with Gasteiger partial charge in [-0.25, -0.2) is 8.78 Å². The predicted octanol–water partition coefficient (Wildman–Crippen LogP) is 2.59. The van der Waals surface area contributed by atoms with Gasteiger partial charge in [-0.1, -0.05) is 0 Å². The average Bonchev–Trinajstić information content (AvgIpc) is 2.48. The fraction of sp³-hybridized carbons (Fsp3) is 0.500. The number of carbonyl (C=O) groups excluding carboxylic acids is 1. The highest BCUT2D eigenvalue weighted by atomic mass is 79.9. The summed E-state index contributed by atoms with van der Waals surface area (Å²) in [5.41, 5.74) is 4.80. The Morgan fingerprint density at radius 2 is 2.00 bits per heavy atom. The fourth-order valence-corrected chi connectivity index (χ4v) is 2.81. The van der Waals surface area contributed by atoms with Crippen molar-refractivity contribution in [3.8, 4) is 0 Å². The number of hydrogen-bond donors (Lipinski definition) is 1. The summed E-state index contributed by atoms with van der Waals surface area (Å²) in [6.07, 6.45) is 0.716. The summed E-state index contributed by atoms with van der Waals surface area (Å²) in [4.78, 5) is 12.5. The molecule has 1 saturated heterocycles. The summed E-state index contributed by atoms with van der Waals surface area (Å²) in [6.45, 7) is 1.07. The van der Waals surface area contributed by atoms with Gasteiger partial charge in [0.15, 0.2) is 0 Å². The first-order valence-electron chi connectivity index (χ1n) is 6.44. The summed E-state index contributed by atoms with van der Waals surface area (Å²) < 4.78 is 33.0. The van der Waals surface area contributed by atoms with Crippen molar-refractivity contribution in [3.63, 3.8) is 0 Å². The smallest absolute Gasteiger partial charge is 0.145 e. The Morgan fingerprint density at radius 1 is 1.35 bits per heavy atom. The van der Waals surface area contributed by atoms with Crippen LogP contribution in [-0.2, 0) is 16.0 Å². The molecule has 0 spiro atoms. The number of ether oxygens (including phenoxy) is 1. The zero-order valence-corrected chi connectivity index (χ0v) is 12.5. The van der Waals surface area contributed by atoms with Crippen LogP contribution in [-0.4, -0.2) is 25.5 Å². The van der Waals surface area contributed by atoms with E-state index in [9.17, 15) is 13.6 Å². The van der Waals surface area contributed by atoms with Gasteiger partial charge in [-0.05, 0) is 40.9 Å². The second kappa shape index (κ2) is 6.28. The third-order valence-electron chi connectivity index (χ3n) is 3.91. The van der Waals surface area contributed by atoms with E-state index in [0.717, 1.165) is 6.07 Å². The maximum absolute atomic E-state index is 13.9. The Bertz CT molecular complexity index is 516. The van der Waals surface area contributed by atoms with E-state index < -0.39 is 17.0 Å². The molecule has 0 amide bonds. The van der Waals surface area contributed by atoms with E-state index in [4.69, 9.17) is 10.5 Å². The maximum atomic E-state index is 13.9. The molecule has 0 bridgehead atoms. The van der Waals surface area contributed by atoms with Gasteiger partial charge in [0, 0.05) is 37.2 Å². The van der Waals surface area contributed by atoms with E-state index in [1.165, 1.54) is 6.07 Å². The Kier molecular flexibility index (Phi) is 4.88. The molecule has 20 heavy (non-hydrogen) atoms. The Morgan fingerprint density at radius 3 is 2.60 bits per heavy atom. The molecule has 2 N–H and O–H groups in total. The highest BCUT2D eigenvalue weighted by Crippen LogP contribution is 2.33. The maximum Gasteiger partial charge on any atom is 0.145 e. The van der Waals surface area contributed by atoms with Gasteiger partial charge in [-0.15, -0.1) is 0 Å². The molecule has 0 atom stereocenters. The largest absolute Gasteiger partial charge is 0.381 e. The van der Waals surface area contributed by atoms with Crippen molar-refractivity contribution >= 4 is 21.7 Å². The van der Waals surface area contributed by atoms with Crippen LogP contribution in [0.15, 0.2) is 16.6 Å². The van der Waals surface area contributed by atoms with Crippen molar-refractivity contribution in [1.82, 2.24) is 0 Å². The molecule has 0 aliphatic carbocycles. The lowest BCUT2D eigenvalue weighted by molar-refractivity contribution is -0.133. The quantitative estimate of drug-likeness (QED) is 0.851. The molecule has 2 rings (SSSR count). The highest BCUT2D eigenvalue weighted by Gasteiger charge is 2.38. The lowest BCUT2D eigenvalue weighted by Gasteiger charge is -2.34. The fourth-order valence-electron chi connectivity index (χ4n) is 2.44. The molecule has 110 valence electrons. The van der Waals surface area contributed by atoms with Crippen LogP contribution in [0.4, 0.5) is 8.78 Å². The van der Waals surface area contributed by atoms with E-state index in [1.807, 2.05) is 0 Å². The van der Waals surface area contributed by atoms with E-state index in [2.05, 4.69) is 15.9 Å². The van der Waals surface area contributed by atoms with Crippen LogP contribution in [0.3, 0.4) is 0 Å². The second-order valence-electron chi connectivity index (χ2n) is 5.02. The zero-order chi connectivity index (χ0) is 14.8. The van der Waals surface area contributed by atoms with Gasteiger partial charge in [0.05, 0.1) is 4.47 Å². The predicted molar refractivity (Wildman–Crippen MR) is 74.3 cm³/mol. The van der Waals surface area contributed by atoms with Gasteiger partial charge in [0.2, 0.25) is 0 Å². The molecular weight excluding hydrogens is 332 g/mol. The number of nitrogens with two attached hydrogens (primary N) is 1. The Labute approximate surface area is 124 Å². The van der Waals surface area contributed by atoms with E-state index in [1.54, 1.807) is 0 Å². The summed E-state index contributed by atoms with van der Waals surface area (Å²) in [7, 11) is 0. The van der Waals surface area contributed by atoms with Crippen molar-refractivity contribution in [3.05, 3.63) is 33.8 Å². The normalized spacial score (nSPS) is 18.0. The first-order valence-corrected chi connectivity index (χ1v) is 7.23. The zero-order valence-electron chi connectivity index (χ0n) is 10.9. The summed E-state index contributed by atoms with van der Waals surface area (Å²) >= 11 is 3.00. The van der Waals surface area contributed by atoms with Crippen LogP contribution in [0.2, 0.25) is 0 Å².